The van der Waals surface area contributed by atoms with E-state index in [1.807, 2.05) is 24.3 Å². The van der Waals surface area contributed by atoms with Crippen molar-refractivity contribution in [1.82, 2.24) is 0 Å². The van der Waals surface area contributed by atoms with Crippen LogP contribution in [0.25, 0.3) is 87.7 Å². The second kappa shape index (κ2) is 10.4. The van der Waals surface area contributed by atoms with Gasteiger partial charge in [0.25, 0.3) is 0 Å². The summed E-state index contributed by atoms with van der Waals surface area (Å²) in [7, 11) is 0. The lowest BCUT2D eigenvalue weighted by atomic mass is 10.0. The molecule has 0 N–H and O–H groups in total. The SMILES string of the molecule is c1ccc2c(c1)ccc1c3cccc(-c4ccc(N(c5ccc6oc7ccccc7c6c5)c5ccc6oc7ccccc7c6c5)cc4)c3oc21. The summed E-state index contributed by atoms with van der Waals surface area (Å²) in [6, 6.07) is 57.3. The number of benzene rings is 8. The summed E-state index contributed by atoms with van der Waals surface area (Å²) in [4.78, 5) is 2.31. The summed E-state index contributed by atoms with van der Waals surface area (Å²) >= 11 is 0. The van der Waals surface area contributed by atoms with Crippen molar-refractivity contribution in [3.8, 4) is 11.1 Å². The molecule has 50 heavy (non-hydrogen) atoms. The first-order chi connectivity index (χ1) is 24.8. The predicted octanol–water partition coefficient (Wildman–Crippen LogP) is 13.7. The number of hydrogen-bond acceptors (Lipinski definition) is 4. The summed E-state index contributed by atoms with van der Waals surface area (Å²) < 4.78 is 19.1. The predicted molar refractivity (Wildman–Crippen MR) is 206 cm³/mol. The van der Waals surface area contributed by atoms with Crippen LogP contribution >= 0.6 is 0 Å². The molecule has 11 aromatic rings. The van der Waals surface area contributed by atoms with Crippen LogP contribution in [0.3, 0.4) is 0 Å². The molecule has 11 rings (SSSR count). The van der Waals surface area contributed by atoms with Gasteiger partial charge in [0, 0.05) is 60.3 Å². The molecule has 0 saturated heterocycles. The highest BCUT2D eigenvalue weighted by Gasteiger charge is 2.19. The van der Waals surface area contributed by atoms with Crippen molar-refractivity contribution in [1.29, 1.82) is 0 Å². The molecule has 8 aromatic carbocycles. The molecule has 0 bridgehead atoms. The number of hydrogen-bond donors (Lipinski definition) is 0. The van der Waals surface area contributed by atoms with Gasteiger partial charge >= 0.3 is 0 Å². The van der Waals surface area contributed by atoms with Gasteiger partial charge in [-0.05, 0) is 77.7 Å². The molecule has 4 heteroatoms. The fraction of sp³-hybridized carbons (Fsp3) is 0. The zero-order valence-corrected chi connectivity index (χ0v) is 26.8. The maximum Gasteiger partial charge on any atom is 0.143 e. The molecule has 4 nitrogen and oxygen atoms in total. The molecular formula is C46H27NO3. The Morgan fingerprint density at radius 2 is 0.860 bits per heavy atom. The Labute approximate surface area is 286 Å². The van der Waals surface area contributed by atoms with Crippen molar-refractivity contribution in [2.45, 2.75) is 0 Å². The second-order valence-corrected chi connectivity index (χ2v) is 12.9. The van der Waals surface area contributed by atoms with E-state index in [1.165, 1.54) is 5.39 Å². The monoisotopic (exact) mass is 641 g/mol. The number of rotatable bonds is 4. The maximum absolute atomic E-state index is 6.68. The Balaban J connectivity index is 1.09. The molecule has 0 atom stereocenters. The normalized spacial score (nSPS) is 12.0. The van der Waals surface area contributed by atoms with Crippen LogP contribution in [0, 0.1) is 0 Å². The molecule has 3 heterocycles. The van der Waals surface area contributed by atoms with Crippen LogP contribution in [0.5, 0.6) is 0 Å². The molecule has 0 unspecified atom stereocenters. The quantitative estimate of drug-likeness (QED) is 0.192. The first-order valence-electron chi connectivity index (χ1n) is 16.8. The minimum absolute atomic E-state index is 0.869. The highest BCUT2D eigenvalue weighted by Crippen LogP contribution is 2.43. The number of nitrogens with zero attached hydrogens (tertiary/aromatic N) is 1. The first-order valence-corrected chi connectivity index (χ1v) is 16.8. The molecular weight excluding hydrogens is 615 g/mol. The van der Waals surface area contributed by atoms with Gasteiger partial charge in [0.15, 0.2) is 0 Å². The number of furan rings is 3. The van der Waals surface area contributed by atoms with E-state index in [4.69, 9.17) is 13.3 Å². The zero-order chi connectivity index (χ0) is 32.8. The molecule has 0 radical (unpaired) electrons. The van der Waals surface area contributed by atoms with Crippen molar-refractivity contribution < 1.29 is 13.3 Å². The van der Waals surface area contributed by atoms with Crippen molar-refractivity contribution >= 4 is 93.7 Å². The van der Waals surface area contributed by atoms with E-state index >= 15 is 0 Å². The molecule has 3 aromatic heterocycles. The highest BCUT2D eigenvalue weighted by atomic mass is 16.3. The molecule has 0 aliphatic carbocycles. The lowest BCUT2D eigenvalue weighted by molar-refractivity contribution is 0.668. The van der Waals surface area contributed by atoms with Crippen LogP contribution in [-0.2, 0) is 0 Å². The average Bonchev–Trinajstić information content (AvgIpc) is 3.86. The van der Waals surface area contributed by atoms with Gasteiger partial charge in [0.1, 0.15) is 33.5 Å². The fourth-order valence-corrected chi connectivity index (χ4v) is 7.70. The van der Waals surface area contributed by atoms with E-state index in [0.717, 1.165) is 99.4 Å². The smallest absolute Gasteiger partial charge is 0.143 e. The van der Waals surface area contributed by atoms with Crippen LogP contribution in [0.4, 0.5) is 17.1 Å². The van der Waals surface area contributed by atoms with E-state index < -0.39 is 0 Å². The average molecular weight is 642 g/mol. The van der Waals surface area contributed by atoms with Gasteiger partial charge in [0.05, 0.1) is 0 Å². The molecule has 0 aliphatic heterocycles. The van der Waals surface area contributed by atoms with Gasteiger partial charge < -0.3 is 18.2 Å². The summed E-state index contributed by atoms with van der Waals surface area (Å²) in [5, 5.41) is 8.92. The third-order valence-corrected chi connectivity index (χ3v) is 10.1. The second-order valence-electron chi connectivity index (χ2n) is 12.9. The van der Waals surface area contributed by atoms with E-state index in [-0.39, 0.29) is 0 Å². The van der Waals surface area contributed by atoms with Gasteiger partial charge in [-0.3, -0.25) is 0 Å². The largest absolute Gasteiger partial charge is 0.456 e. The van der Waals surface area contributed by atoms with Gasteiger partial charge in [-0.25, -0.2) is 0 Å². The number of fused-ring (bicyclic) bond motifs is 11. The third-order valence-electron chi connectivity index (χ3n) is 10.1. The number of para-hydroxylation sites is 3. The van der Waals surface area contributed by atoms with Gasteiger partial charge in [0.2, 0.25) is 0 Å². The summed E-state index contributed by atoms with van der Waals surface area (Å²) in [5.74, 6) is 0. The van der Waals surface area contributed by atoms with Crippen LogP contribution in [0.2, 0.25) is 0 Å². The number of anilines is 3. The molecule has 0 aliphatic rings. The van der Waals surface area contributed by atoms with Gasteiger partial charge in [-0.1, -0.05) is 97.1 Å². The van der Waals surface area contributed by atoms with Gasteiger partial charge in [-0.15, -0.1) is 0 Å². The Hall–Kier alpha value is -6.78. The van der Waals surface area contributed by atoms with Crippen molar-refractivity contribution in [3.63, 3.8) is 0 Å². The third kappa shape index (κ3) is 3.99. The summed E-state index contributed by atoms with van der Waals surface area (Å²) in [6.07, 6.45) is 0. The lowest BCUT2D eigenvalue weighted by Crippen LogP contribution is -2.09. The Morgan fingerprint density at radius 1 is 0.320 bits per heavy atom. The summed E-state index contributed by atoms with van der Waals surface area (Å²) in [5.41, 5.74) is 10.6. The van der Waals surface area contributed by atoms with Crippen LogP contribution in [0.1, 0.15) is 0 Å². The Bertz CT molecular complexity index is 2990. The first kappa shape index (κ1) is 27.2. The van der Waals surface area contributed by atoms with Gasteiger partial charge in [-0.2, -0.15) is 0 Å². The standard InChI is InChI=1S/C46H27NO3/c1-2-9-33-28(8-1)18-23-38-37-13-7-12-34(45(37)50-46(33)38)29-16-19-30(20-17-29)47(31-21-24-43-39(26-31)35-10-3-5-14-41(35)48-43)32-22-25-44-40(27-32)36-11-4-6-15-42(36)49-44/h1-27H. The van der Waals surface area contributed by atoms with Crippen molar-refractivity contribution in [3.05, 3.63) is 164 Å². The molecule has 234 valence electrons. The van der Waals surface area contributed by atoms with Crippen LogP contribution < -0.4 is 4.90 Å². The maximum atomic E-state index is 6.68. The van der Waals surface area contributed by atoms with Crippen molar-refractivity contribution in [2.24, 2.45) is 0 Å². The van der Waals surface area contributed by atoms with Crippen LogP contribution in [-0.4, -0.2) is 0 Å². The molecule has 0 spiro atoms. The molecule has 0 saturated carbocycles. The fourth-order valence-electron chi connectivity index (χ4n) is 7.70. The summed E-state index contributed by atoms with van der Waals surface area (Å²) in [6.45, 7) is 0. The van der Waals surface area contributed by atoms with E-state index in [2.05, 4.69) is 144 Å². The highest BCUT2D eigenvalue weighted by molar-refractivity contribution is 6.17. The van der Waals surface area contributed by atoms with E-state index in [1.54, 1.807) is 0 Å². The molecule has 0 fully saturated rings. The van der Waals surface area contributed by atoms with Crippen molar-refractivity contribution in [2.75, 3.05) is 4.90 Å². The molecule has 0 amide bonds. The Kier molecular flexibility index (Phi) is 5.63. The minimum Gasteiger partial charge on any atom is -0.456 e. The van der Waals surface area contributed by atoms with Crippen LogP contribution in [0.15, 0.2) is 177 Å². The van der Waals surface area contributed by atoms with E-state index in [9.17, 15) is 0 Å². The topological polar surface area (TPSA) is 42.7 Å². The minimum atomic E-state index is 0.869. The lowest BCUT2D eigenvalue weighted by Gasteiger charge is -2.26. The van der Waals surface area contributed by atoms with E-state index in [0.29, 0.717) is 0 Å². The zero-order valence-electron chi connectivity index (χ0n) is 26.8. The Morgan fingerprint density at radius 3 is 1.54 bits per heavy atom.